The molecule has 0 unspecified atom stereocenters. The van der Waals surface area contributed by atoms with E-state index in [9.17, 15) is 9.59 Å². The van der Waals surface area contributed by atoms with Crippen molar-refractivity contribution in [3.63, 3.8) is 0 Å². The highest BCUT2D eigenvalue weighted by Crippen LogP contribution is 2.44. The molecule has 1 aliphatic carbocycles. The van der Waals surface area contributed by atoms with E-state index < -0.39 is 11.5 Å². The molecule has 0 bridgehead atoms. The topological polar surface area (TPSA) is 70.4 Å². The van der Waals surface area contributed by atoms with Crippen LogP contribution < -0.4 is 0 Å². The van der Waals surface area contributed by atoms with Gasteiger partial charge in [-0.05, 0) is 18.9 Å². The molecule has 1 heterocycles. The molecular formula is C10H12N2O4. The Morgan fingerprint density at radius 2 is 2.06 bits per heavy atom. The highest BCUT2D eigenvalue weighted by atomic mass is 16.5. The van der Waals surface area contributed by atoms with Gasteiger partial charge < -0.3 is 9.47 Å². The van der Waals surface area contributed by atoms with Gasteiger partial charge in [-0.3, -0.25) is 4.68 Å². The first-order valence-corrected chi connectivity index (χ1v) is 4.87. The minimum Gasteiger partial charge on any atom is -0.467 e. The van der Waals surface area contributed by atoms with Crippen LogP contribution in [0.2, 0.25) is 0 Å². The van der Waals surface area contributed by atoms with Crippen molar-refractivity contribution in [3.8, 4) is 0 Å². The molecule has 0 N–H and O–H groups in total. The molecule has 0 amide bonds. The van der Waals surface area contributed by atoms with Gasteiger partial charge in [0.2, 0.25) is 0 Å². The molecule has 1 aromatic rings. The SMILES string of the molecule is COC(=O)c1ccn(C2(C(=O)OC)CC2)n1. The summed E-state index contributed by atoms with van der Waals surface area (Å²) in [4.78, 5) is 22.7. The molecule has 2 rings (SSSR count). The van der Waals surface area contributed by atoms with Crippen molar-refractivity contribution < 1.29 is 19.1 Å². The van der Waals surface area contributed by atoms with Crippen LogP contribution in [0.5, 0.6) is 0 Å². The molecule has 1 fully saturated rings. The summed E-state index contributed by atoms with van der Waals surface area (Å²) in [5.74, 6) is -0.841. The molecule has 0 aliphatic heterocycles. The normalized spacial score (nSPS) is 16.6. The van der Waals surface area contributed by atoms with Gasteiger partial charge in [0, 0.05) is 6.20 Å². The largest absolute Gasteiger partial charge is 0.467 e. The average Bonchev–Trinajstić information content (AvgIpc) is 2.98. The Morgan fingerprint density at radius 3 is 2.56 bits per heavy atom. The summed E-state index contributed by atoms with van der Waals surface area (Å²) in [7, 11) is 2.63. The number of esters is 2. The maximum atomic E-state index is 11.5. The average molecular weight is 224 g/mol. The van der Waals surface area contributed by atoms with E-state index in [1.54, 1.807) is 6.20 Å². The minimum atomic E-state index is -0.707. The van der Waals surface area contributed by atoms with Crippen molar-refractivity contribution in [2.24, 2.45) is 0 Å². The Bertz CT molecular complexity index is 434. The highest BCUT2D eigenvalue weighted by molar-refractivity contribution is 5.87. The lowest BCUT2D eigenvalue weighted by atomic mass is 10.3. The summed E-state index contributed by atoms with van der Waals surface area (Å²) < 4.78 is 10.7. The quantitative estimate of drug-likeness (QED) is 0.692. The summed E-state index contributed by atoms with van der Waals surface area (Å²) in [6.45, 7) is 0. The summed E-state index contributed by atoms with van der Waals surface area (Å²) >= 11 is 0. The van der Waals surface area contributed by atoms with Crippen molar-refractivity contribution in [1.29, 1.82) is 0 Å². The number of rotatable bonds is 3. The maximum absolute atomic E-state index is 11.5. The van der Waals surface area contributed by atoms with Gasteiger partial charge >= 0.3 is 11.9 Å². The summed E-state index contributed by atoms with van der Waals surface area (Å²) in [5.41, 5.74) is -0.515. The van der Waals surface area contributed by atoms with E-state index in [0.29, 0.717) is 12.8 Å². The van der Waals surface area contributed by atoms with Crippen molar-refractivity contribution in [2.45, 2.75) is 18.4 Å². The molecule has 0 radical (unpaired) electrons. The fraction of sp³-hybridized carbons (Fsp3) is 0.500. The molecular weight excluding hydrogens is 212 g/mol. The predicted octanol–water partition coefficient (Wildman–Crippen LogP) is 0.332. The zero-order chi connectivity index (χ0) is 11.8. The Labute approximate surface area is 92.1 Å². The Balaban J connectivity index is 2.26. The number of carbonyl (C=O) groups excluding carboxylic acids is 2. The lowest BCUT2D eigenvalue weighted by Crippen LogP contribution is -2.29. The van der Waals surface area contributed by atoms with E-state index in [4.69, 9.17) is 4.74 Å². The zero-order valence-electron chi connectivity index (χ0n) is 9.10. The maximum Gasteiger partial charge on any atom is 0.358 e. The number of ether oxygens (including phenoxy) is 2. The molecule has 0 saturated heterocycles. The van der Waals surface area contributed by atoms with E-state index in [2.05, 4.69) is 9.84 Å². The minimum absolute atomic E-state index is 0.192. The Hall–Kier alpha value is -1.85. The lowest BCUT2D eigenvalue weighted by Gasteiger charge is -2.12. The van der Waals surface area contributed by atoms with E-state index in [0.717, 1.165) is 0 Å². The van der Waals surface area contributed by atoms with E-state index in [1.807, 2.05) is 0 Å². The third-order valence-corrected chi connectivity index (χ3v) is 2.71. The van der Waals surface area contributed by atoms with E-state index >= 15 is 0 Å². The molecule has 6 heteroatoms. The van der Waals surface area contributed by atoms with Crippen molar-refractivity contribution >= 4 is 11.9 Å². The fourth-order valence-corrected chi connectivity index (χ4v) is 1.61. The van der Waals surface area contributed by atoms with Gasteiger partial charge in [0.25, 0.3) is 0 Å². The standard InChI is InChI=1S/C10H12N2O4/c1-15-8(13)7-3-6-12(11-7)10(4-5-10)9(14)16-2/h3,6H,4-5H2,1-2H3. The zero-order valence-corrected chi connectivity index (χ0v) is 9.10. The smallest absolute Gasteiger partial charge is 0.358 e. The fourth-order valence-electron chi connectivity index (χ4n) is 1.61. The number of hydrogen-bond acceptors (Lipinski definition) is 5. The molecule has 1 saturated carbocycles. The van der Waals surface area contributed by atoms with Crippen LogP contribution in [-0.2, 0) is 19.8 Å². The van der Waals surface area contributed by atoms with E-state index in [1.165, 1.54) is 25.0 Å². The summed E-state index contributed by atoms with van der Waals surface area (Å²) in [6, 6.07) is 1.52. The number of aromatic nitrogens is 2. The van der Waals surface area contributed by atoms with Crippen molar-refractivity contribution in [3.05, 3.63) is 18.0 Å². The molecule has 86 valence electrons. The van der Waals surface area contributed by atoms with Gasteiger partial charge in [0.1, 0.15) is 0 Å². The third kappa shape index (κ3) is 1.46. The number of methoxy groups -OCH3 is 2. The second-order valence-corrected chi connectivity index (χ2v) is 3.66. The number of carbonyl (C=O) groups is 2. The lowest BCUT2D eigenvalue weighted by molar-refractivity contribution is -0.146. The van der Waals surface area contributed by atoms with Gasteiger partial charge in [0.05, 0.1) is 14.2 Å². The third-order valence-electron chi connectivity index (χ3n) is 2.71. The van der Waals surface area contributed by atoms with Crippen LogP contribution in [0.25, 0.3) is 0 Å². The molecule has 6 nitrogen and oxygen atoms in total. The van der Waals surface area contributed by atoms with Crippen LogP contribution in [0.15, 0.2) is 12.3 Å². The van der Waals surface area contributed by atoms with Gasteiger partial charge in [-0.1, -0.05) is 0 Å². The first-order valence-electron chi connectivity index (χ1n) is 4.87. The van der Waals surface area contributed by atoms with Gasteiger partial charge in [0.15, 0.2) is 11.2 Å². The van der Waals surface area contributed by atoms with Crippen LogP contribution in [-0.4, -0.2) is 35.9 Å². The van der Waals surface area contributed by atoms with Crippen LogP contribution in [0, 0.1) is 0 Å². The predicted molar refractivity (Wildman–Crippen MR) is 52.8 cm³/mol. The van der Waals surface area contributed by atoms with Gasteiger partial charge in [-0.25, -0.2) is 9.59 Å². The van der Waals surface area contributed by atoms with Crippen molar-refractivity contribution in [2.75, 3.05) is 14.2 Å². The van der Waals surface area contributed by atoms with Crippen LogP contribution in [0.3, 0.4) is 0 Å². The van der Waals surface area contributed by atoms with Crippen LogP contribution in [0.4, 0.5) is 0 Å². The highest BCUT2D eigenvalue weighted by Gasteiger charge is 2.54. The number of nitrogens with zero attached hydrogens (tertiary/aromatic N) is 2. The first-order chi connectivity index (χ1) is 7.64. The molecule has 0 atom stereocenters. The second-order valence-electron chi connectivity index (χ2n) is 3.66. The molecule has 1 aromatic heterocycles. The molecule has 0 aromatic carbocycles. The number of hydrogen-bond donors (Lipinski definition) is 0. The summed E-state index contributed by atoms with van der Waals surface area (Å²) in [6.07, 6.45) is 2.96. The molecule has 16 heavy (non-hydrogen) atoms. The Morgan fingerprint density at radius 1 is 1.38 bits per heavy atom. The molecule has 1 aliphatic rings. The van der Waals surface area contributed by atoms with Gasteiger partial charge in [-0.15, -0.1) is 0 Å². The van der Waals surface area contributed by atoms with E-state index in [-0.39, 0.29) is 11.7 Å². The first kappa shape index (κ1) is 10.7. The molecule has 0 spiro atoms. The monoisotopic (exact) mass is 224 g/mol. The van der Waals surface area contributed by atoms with Crippen LogP contribution >= 0.6 is 0 Å². The van der Waals surface area contributed by atoms with Crippen molar-refractivity contribution in [1.82, 2.24) is 9.78 Å². The van der Waals surface area contributed by atoms with Gasteiger partial charge in [-0.2, -0.15) is 5.10 Å². The Kier molecular flexibility index (Phi) is 2.41. The second kappa shape index (κ2) is 3.62. The summed E-state index contributed by atoms with van der Waals surface area (Å²) in [5, 5.41) is 4.03. The van der Waals surface area contributed by atoms with Crippen LogP contribution in [0.1, 0.15) is 23.3 Å².